The zero-order chi connectivity index (χ0) is 22.9. The van der Waals surface area contributed by atoms with Crippen LogP contribution >= 0.6 is 0 Å². The number of hydrogen-bond acceptors (Lipinski definition) is 0. The monoisotopic (exact) mass is 418 g/mol. The molecule has 0 N–H and O–H groups in total. The normalized spacial score (nSPS) is 12.1. The Morgan fingerprint density at radius 3 is 0.875 bits per heavy atom. The van der Waals surface area contributed by atoms with Gasteiger partial charge < -0.3 is 0 Å². The van der Waals surface area contributed by atoms with Gasteiger partial charge in [0, 0.05) is 10.8 Å². The quantitative estimate of drug-likeness (QED) is 0.286. The minimum atomic E-state index is -0.214. The van der Waals surface area contributed by atoms with Crippen LogP contribution in [0.4, 0.5) is 0 Å². The van der Waals surface area contributed by atoms with E-state index in [2.05, 4.69) is 139 Å². The molecule has 0 nitrogen and oxygen atoms in total. The molecule has 0 radical (unpaired) electrons. The van der Waals surface area contributed by atoms with Crippen molar-refractivity contribution in [3.05, 3.63) is 142 Å². The molecule has 4 aromatic rings. The third-order valence-electron chi connectivity index (χ3n) is 7.22. The van der Waals surface area contributed by atoms with Crippen LogP contribution in [0.1, 0.15) is 65.3 Å². The maximum absolute atomic E-state index is 2.35. The largest absolute Gasteiger partial charge is 0.0590 e. The van der Waals surface area contributed by atoms with E-state index in [1.54, 1.807) is 0 Å². The summed E-state index contributed by atoms with van der Waals surface area (Å²) in [6.45, 7) is 13.4. The molecule has 0 aliphatic carbocycles. The topological polar surface area (TPSA) is 0 Å². The van der Waals surface area contributed by atoms with Crippen molar-refractivity contribution in [2.45, 2.75) is 52.4 Å². The van der Waals surface area contributed by atoms with Gasteiger partial charge in [-0.15, -0.1) is 0 Å². The van der Waals surface area contributed by atoms with Gasteiger partial charge in [0.25, 0.3) is 0 Å². The summed E-state index contributed by atoms with van der Waals surface area (Å²) >= 11 is 0. The van der Waals surface area contributed by atoms with Crippen LogP contribution in [0.5, 0.6) is 0 Å². The Morgan fingerprint density at radius 2 is 0.562 bits per heavy atom. The number of aryl methyl sites for hydroxylation is 3. The fourth-order valence-corrected chi connectivity index (χ4v) is 4.63. The van der Waals surface area contributed by atoms with Crippen LogP contribution in [0.2, 0.25) is 0 Å². The van der Waals surface area contributed by atoms with Gasteiger partial charge in [0.1, 0.15) is 0 Å². The molecule has 0 aromatic heterocycles. The molecule has 162 valence electrons. The van der Waals surface area contributed by atoms with Crippen LogP contribution in [0.15, 0.2) is 97.1 Å². The smallest absolute Gasteiger partial charge is 0.0423 e. The predicted octanol–water partition coefficient (Wildman–Crippen LogP) is 8.29. The van der Waals surface area contributed by atoms with Gasteiger partial charge in [0.15, 0.2) is 0 Å². The Morgan fingerprint density at radius 1 is 0.344 bits per heavy atom. The zero-order valence-electron chi connectivity index (χ0n) is 20.2. The summed E-state index contributed by atoms with van der Waals surface area (Å²) < 4.78 is 0. The van der Waals surface area contributed by atoms with Crippen LogP contribution in [-0.2, 0) is 10.8 Å². The van der Waals surface area contributed by atoms with Gasteiger partial charge in [-0.2, -0.15) is 0 Å². The summed E-state index contributed by atoms with van der Waals surface area (Å²) in [5.41, 5.74) is 10.2. The number of hydrogen-bond donors (Lipinski definition) is 0. The number of rotatable bonds is 5. The Balaban J connectivity index is 1.79. The van der Waals surface area contributed by atoms with E-state index in [-0.39, 0.29) is 10.8 Å². The van der Waals surface area contributed by atoms with E-state index in [1.165, 1.54) is 44.5 Å². The van der Waals surface area contributed by atoms with Crippen molar-refractivity contribution in [1.82, 2.24) is 0 Å². The first kappa shape index (κ1) is 22.1. The van der Waals surface area contributed by atoms with Gasteiger partial charge >= 0.3 is 0 Å². The van der Waals surface area contributed by atoms with E-state index in [4.69, 9.17) is 0 Å². The summed E-state index contributed by atoms with van der Waals surface area (Å²) in [5, 5.41) is 0. The lowest BCUT2D eigenvalue weighted by Crippen LogP contribution is -2.26. The summed E-state index contributed by atoms with van der Waals surface area (Å²) in [5.74, 6) is 0. The first-order valence-electron chi connectivity index (χ1n) is 11.5. The summed E-state index contributed by atoms with van der Waals surface area (Å²) in [6, 6.07) is 36.2. The van der Waals surface area contributed by atoms with E-state index in [9.17, 15) is 0 Å². The lowest BCUT2D eigenvalue weighted by atomic mass is 9.70. The summed E-state index contributed by atoms with van der Waals surface area (Å²) in [4.78, 5) is 0. The molecule has 0 heteroatoms. The molecule has 0 aliphatic rings. The molecule has 0 spiro atoms. The van der Waals surface area contributed by atoms with Crippen LogP contribution < -0.4 is 0 Å². The fourth-order valence-electron chi connectivity index (χ4n) is 4.63. The van der Waals surface area contributed by atoms with Crippen molar-refractivity contribution < 1.29 is 0 Å². The van der Waals surface area contributed by atoms with Gasteiger partial charge in [-0.3, -0.25) is 0 Å². The van der Waals surface area contributed by atoms with Gasteiger partial charge in [0.2, 0.25) is 0 Å². The van der Waals surface area contributed by atoms with Crippen LogP contribution in [0.25, 0.3) is 0 Å². The van der Waals surface area contributed by atoms with E-state index in [1.807, 2.05) is 0 Å². The molecule has 0 saturated carbocycles. The third-order valence-corrected chi connectivity index (χ3v) is 7.22. The SMILES string of the molecule is Cc1ccc(C(C)(C)c2ccc(C(C)(c3ccc(C)cc3)c3ccc(C)cc3)cc2)cc1. The van der Waals surface area contributed by atoms with Gasteiger partial charge in [-0.1, -0.05) is 128 Å². The van der Waals surface area contributed by atoms with Crippen LogP contribution in [0, 0.1) is 20.8 Å². The molecule has 4 aromatic carbocycles. The fraction of sp³-hybridized carbons (Fsp3) is 0.250. The first-order valence-corrected chi connectivity index (χ1v) is 11.5. The molecule has 0 unspecified atom stereocenters. The highest BCUT2D eigenvalue weighted by Crippen LogP contribution is 2.40. The van der Waals surface area contributed by atoms with Crippen molar-refractivity contribution in [2.24, 2.45) is 0 Å². The molecule has 0 fully saturated rings. The highest BCUT2D eigenvalue weighted by atomic mass is 14.3. The van der Waals surface area contributed by atoms with E-state index >= 15 is 0 Å². The Bertz CT molecular complexity index is 1130. The molecular weight excluding hydrogens is 384 g/mol. The lowest BCUT2D eigenvalue weighted by Gasteiger charge is -2.33. The highest BCUT2D eigenvalue weighted by molar-refractivity contribution is 5.51. The Labute approximate surface area is 194 Å². The molecule has 32 heavy (non-hydrogen) atoms. The molecule has 0 saturated heterocycles. The second-order valence-corrected chi connectivity index (χ2v) is 9.93. The summed E-state index contributed by atoms with van der Waals surface area (Å²) in [7, 11) is 0. The minimum absolute atomic E-state index is 0.0453. The molecule has 4 rings (SSSR count). The average molecular weight is 419 g/mol. The highest BCUT2D eigenvalue weighted by Gasteiger charge is 2.32. The zero-order valence-corrected chi connectivity index (χ0v) is 20.2. The molecule has 0 amide bonds. The first-order chi connectivity index (χ1) is 15.2. The van der Waals surface area contributed by atoms with Gasteiger partial charge in [-0.25, -0.2) is 0 Å². The second kappa shape index (κ2) is 8.43. The maximum Gasteiger partial charge on any atom is 0.0423 e. The lowest BCUT2D eigenvalue weighted by molar-refractivity contribution is 0.637. The van der Waals surface area contributed by atoms with Crippen molar-refractivity contribution in [3.8, 4) is 0 Å². The number of benzene rings is 4. The minimum Gasteiger partial charge on any atom is -0.0590 e. The van der Waals surface area contributed by atoms with Gasteiger partial charge in [0.05, 0.1) is 0 Å². The molecule has 0 atom stereocenters. The molecule has 0 aliphatic heterocycles. The molecule has 0 bridgehead atoms. The van der Waals surface area contributed by atoms with Crippen molar-refractivity contribution in [3.63, 3.8) is 0 Å². The van der Waals surface area contributed by atoms with E-state index in [0.717, 1.165) is 0 Å². The maximum atomic E-state index is 2.35. The third kappa shape index (κ3) is 4.02. The standard InChI is InChI=1S/C32H34/c1-23-7-13-26(14-8-23)31(4,5)27-19-21-30(22-20-27)32(6,28-15-9-24(2)10-16-28)29-17-11-25(3)12-18-29/h7-22H,1-6H3. The van der Waals surface area contributed by atoms with E-state index in [0.29, 0.717) is 0 Å². The Hall–Kier alpha value is -3.12. The van der Waals surface area contributed by atoms with Crippen LogP contribution in [-0.4, -0.2) is 0 Å². The van der Waals surface area contributed by atoms with Crippen molar-refractivity contribution >= 4 is 0 Å². The van der Waals surface area contributed by atoms with Gasteiger partial charge in [-0.05, 0) is 55.5 Å². The van der Waals surface area contributed by atoms with E-state index < -0.39 is 0 Å². The molecule has 0 heterocycles. The Kier molecular flexibility index (Phi) is 5.82. The average Bonchev–Trinajstić information content (AvgIpc) is 2.80. The predicted molar refractivity (Wildman–Crippen MR) is 138 cm³/mol. The summed E-state index contributed by atoms with van der Waals surface area (Å²) in [6.07, 6.45) is 0. The molecular formula is C32H34. The second-order valence-electron chi connectivity index (χ2n) is 9.93. The van der Waals surface area contributed by atoms with Crippen LogP contribution in [0.3, 0.4) is 0 Å². The van der Waals surface area contributed by atoms with Crippen molar-refractivity contribution in [2.75, 3.05) is 0 Å². The van der Waals surface area contributed by atoms with Crippen molar-refractivity contribution in [1.29, 1.82) is 0 Å².